The minimum Gasteiger partial charge on any atom is -0.408 e. The maximum absolute atomic E-state index is 13.0. The number of Topliss-reactive ketones (excluding diaryl/α,β-unsaturated/α-hetero) is 1. The van der Waals surface area contributed by atoms with E-state index in [0.717, 1.165) is 5.56 Å². The normalized spacial score (nSPS) is 12.6. The molecule has 0 radical (unpaired) electrons. The minimum absolute atomic E-state index is 0.0265. The van der Waals surface area contributed by atoms with Crippen molar-refractivity contribution < 1.29 is 18.8 Å². The lowest BCUT2D eigenvalue weighted by molar-refractivity contribution is -0.122. The molecule has 1 atom stereocenters. The number of nitrogens with zero attached hydrogens (tertiary/aromatic N) is 4. The van der Waals surface area contributed by atoms with Crippen molar-refractivity contribution in [3.05, 3.63) is 64.0 Å². The van der Waals surface area contributed by atoms with Crippen molar-refractivity contribution in [3.8, 4) is 0 Å². The Balaban J connectivity index is 1.52. The number of ketones is 1. The molecule has 0 bridgehead atoms. The molecular formula is C25H28N6O5. The van der Waals surface area contributed by atoms with Gasteiger partial charge in [0.1, 0.15) is 11.4 Å². The van der Waals surface area contributed by atoms with Crippen molar-refractivity contribution in [1.29, 1.82) is 0 Å². The molecule has 36 heavy (non-hydrogen) atoms. The van der Waals surface area contributed by atoms with Crippen molar-refractivity contribution in [2.24, 2.45) is 12.5 Å². The average molecular weight is 493 g/mol. The van der Waals surface area contributed by atoms with Gasteiger partial charge in [-0.2, -0.15) is 5.10 Å². The summed E-state index contributed by atoms with van der Waals surface area (Å²) < 4.78 is 7.83. The Bertz CT molecular complexity index is 1540. The second kappa shape index (κ2) is 9.40. The van der Waals surface area contributed by atoms with Gasteiger partial charge in [-0.3, -0.25) is 19.0 Å². The number of rotatable bonds is 7. The first-order chi connectivity index (χ1) is 16.9. The highest BCUT2D eigenvalue weighted by Crippen LogP contribution is 2.20. The van der Waals surface area contributed by atoms with Crippen molar-refractivity contribution >= 4 is 34.3 Å². The molecule has 0 fully saturated rings. The van der Waals surface area contributed by atoms with Crippen LogP contribution >= 0.6 is 0 Å². The Morgan fingerprint density at radius 1 is 1.11 bits per heavy atom. The lowest BCUT2D eigenvalue weighted by atomic mass is 9.88. The summed E-state index contributed by atoms with van der Waals surface area (Å²) in [5.41, 5.74) is 2.04. The molecule has 11 heteroatoms. The molecule has 3 aromatic heterocycles. The SMILES string of the molecule is C[C@H](NC(=O)c1cc(C(=O)NCc2ccc3oc(=O)n(C)c3c2)nc2ccnn12)C(=O)CC(C)(C)C. The maximum Gasteiger partial charge on any atom is 0.419 e. The molecule has 2 amide bonds. The van der Waals surface area contributed by atoms with E-state index >= 15 is 0 Å². The molecule has 0 unspecified atom stereocenters. The van der Waals surface area contributed by atoms with E-state index < -0.39 is 23.6 Å². The van der Waals surface area contributed by atoms with Gasteiger partial charge in [-0.15, -0.1) is 0 Å². The lowest BCUT2D eigenvalue weighted by Crippen LogP contribution is -2.40. The molecular weight excluding hydrogens is 464 g/mol. The smallest absolute Gasteiger partial charge is 0.408 e. The van der Waals surface area contributed by atoms with Crippen molar-refractivity contribution in [3.63, 3.8) is 0 Å². The monoisotopic (exact) mass is 492 g/mol. The largest absolute Gasteiger partial charge is 0.419 e. The van der Waals surface area contributed by atoms with Crippen LogP contribution in [0.3, 0.4) is 0 Å². The second-order valence-electron chi connectivity index (χ2n) is 9.94. The lowest BCUT2D eigenvalue weighted by Gasteiger charge is -2.20. The number of hydrogen-bond donors (Lipinski definition) is 2. The summed E-state index contributed by atoms with van der Waals surface area (Å²) in [7, 11) is 1.60. The summed E-state index contributed by atoms with van der Waals surface area (Å²) in [5.74, 6) is -1.59. The predicted octanol–water partition coefficient (Wildman–Crippen LogP) is 2.23. The van der Waals surface area contributed by atoms with Gasteiger partial charge in [-0.25, -0.2) is 14.3 Å². The van der Waals surface area contributed by atoms with E-state index in [-0.39, 0.29) is 29.1 Å². The molecule has 4 rings (SSSR count). The molecule has 0 aliphatic rings. The van der Waals surface area contributed by atoms with E-state index in [0.29, 0.717) is 23.2 Å². The van der Waals surface area contributed by atoms with Crippen LogP contribution in [0.1, 0.15) is 60.7 Å². The molecule has 1 aromatic carbocycles. The van der Waals surface area contributed by atoms with Gasteiger partial charge < -0.3 is 15.1 Å². The van der Waals surface area contributed by atoms with Crippen LogP contribution in [0.5, 0.6) is 0 Å². The standard InChI is InChI=1S/C25H28N6O5/c1-14(19(32)12-25(2,3)4)28-23(34)18-11-16(29-21-8-9-27-31(18)21)22(33)26-13-15-6-7-20-17(10-15)30(5)24(35)36-20/h6-11,14H,12-13H2,1-5H3,(H,26,33)(H,28,34)/t14-/m0/s1. The fourth-order valence-electron chi connectivity index (χ4n) is 3.77. The number of hydrogen-bond acceptors (Lipinski definition) is 7. The number of carbonyl (C=O) groups is 3. The molecule has 3 heterocycles. The van der Waals surface area contributed by atoms with E-state index in [2.05, 4.69) is 20.7 Å². The zero-order valence-corrected chi connectivity index (χ0v) is 20.8. The fourth-order valence-corrected chi connectivity index (χ4v) is 3.77. The van der Waals surface area contributed by atoms with Gasteiger partial charge in [0.15, 0.2) is 17.0 Å². The van der Waals surface area contributed by atoms with Crippen molar-refractivity contribution in [2.45, 2.75) is 46.7 Å². The Morgan fingerprint density at radius 2 is 1.86 bits per heavy atom. The molecule has 4 aromatic rings. The summed E-state index contributed by atoms with van der Waals surface area (Å²) in [4.78, 5) is 54.4. The molecule has 0 spiro atoms. The van der Waals surface area contributed by atoms with Gasteiger partial charge in [0.05, 0.1) is 17.8 Å². The Kier molecular flexibility index (Phi) is 6.49. The summed E-state index contributed by atoms with van der Waals surface area (Å²) in [6.07, 6.45) is 1.79. The highest BCUT2D eigenvalue weighted by Gasteiger charge is 2.24. The highest BCUT2D eigenvalue weighted by molar-refractivity contribution is 6.00. The van der Waals surface area contributed by atoms with E-state index in [1.54, 1.807) is 38.2 Å². The van der Waals surface area contributed by atoms with E-state index in [9.17, 15) is 19.2 Å². The maximum atomic E-state index is 13.0. The van der Waals surface area contributed by atoms with Crippen LogP contribution in [-0.4, -0.2) is 42.8 Å². The molecule has 0 aliphatic heterocycles. The Hall–Kier alpha value is -4.28. The Labute approximate surface area is 206 Å². The van der Waals surface area contributed by atoms with Gasteiger partial charge in [0, 0.05) is 32.1 Å². The summed E-state index contributed by atoms with van der Waals surface area (Å²) in [6.45, 7) is 7.66. The number of fused-ring (bicyclic) bond motifs is 2. The van der Waals surface area contributed by atoms with Crippen LogP contribution < -0.4 is 16.4 Å². The zero-order chi connectivity index (χ0) is 26.2. The minimum atomic E-state index is -0.707. The third-order valence-electron chi connectivity index (χ3n) is 5.67. The van der Waals surface area contributed by atoms with E-state index in [1.807, 2.05) is 20.8 Å². The quantitative estimate of drug-likeness (QED) is 0.403. The first kappa shape index (κ1) is 24.8. The van der Waals surface area contributed by atoms with Crippen molar-refractivity contribution in [2.75, 3.05) is 0 Å². The van der Waals surface area contributed by atoms with Crippen LogP contribution in [0.2, 0.25) is 0 Å². The Morgan fingerprint density at radius 3 is 2.58 bits per heavy atom. The first-order valence-corrected chi connectivity index (χ1v) is 11.5. The number of benzene rings is 1. The fraction of sp³-hybridized carbons (Fsp3) is 0.360. The summed E-state index contributed by atoms with van der Waals surface area (Å²) >= 11 is 0. The van der Waals surface area contributed by atoms with Gasteiger partial charge >= 0.3 is 5.76 Å². The number of aryl methyl sites for hydroxylation is 1. The van der Waals surface area contributed by atoms with E-state index in [4.69, 9.17) is 4.42 Å². The van der Waals surface area contributed by atoms with Crippen LogP contribution in [0.15, 0.2) is 45.7 Å². The van der Waals surface area contributed by atoms with Crippen LogP contribution in [0.25, 0.3) is 16.7 Å². The molecule has 0 saturated heterocycles. The van der Waals surface area contributed by atoms with Crippen molar-refractivity contribution in [1.82, 2.24) is 29.8 Å². The molecule has 11 nitrogen and oxygen atoms in total. The van der Waals surface area contributed by atoms with Crippen LogP contribution in [0.4, 0.5) is 0 Å². The first-order valence-electron chi connectivity index (χ1n) is 11.5. The highest BCUT2D eigenvalue weighted by atomic mass is 16.4. The van der Waals surface area contributed by atoms with E-state index in [1.165, 1.54) is 21.3 Å². The van der Waals surface area contributed by atoms with Gasteiger partial charge in [0.2, 0.25) is 0 Å². The van der Waals surface area contributed by atoms with Gasteiger partial charge in [-0.1, -0.05) is 26.8 Å². The number of aromatic nitrogens is 4. The predicted molar refractivity (Wildman–Crippen MR) is 132 cm³/mol. The van der Waals surface area contributed by atoms with Crippen LogP contribution in [-0.2, 0) is 18.4 Å². The molecule has 2 N–H and O–H groups in total. The average Bonchev–Trinajstić information content (AvgIpc) is 3.39. The molecule has 0 saturated carbocycles. The summed E-state index contributed by atoms with van der Waals surface area (Å²) in [5, 5.41) is 9.61. The topological polar surface area (TPSA) is 141 Å². The third kappa shape index (κ3) is 5.19. The number of amides is 2. The zero-order valence-electron chi connectivity index (χ0n) is 20.8. The van der Waals surface area contributed by atoms with Crippen LogP contribution in [0, 0.1) is 5.41 Å². The number of carbonyl (C=O) groups excluding carboxylic acids is 3. The van der Waals surface area contributed by atoms with Gasteiger partial charge in [-0.05, 0) is 30.0 Å². The second-order valence-corrected chi connectivity index (χ2v) is 9.94. The molecule has 188 valence electrons. The van der Waals surface area contributed by atoms with Gasteiger partial charge in [0.25, 0.3) is 11.8 Å². The molecule has 0 aliphatic carbocycles. The third-order valence-corrected chi connectivity index (χ3v) is 5.67. The summed E-state index contributed by atoms with van der Waals surface area (Å²) in [6, 6.07) is 7.38. The number of oxazole rings is 1. The number of nitrogens with one attached hydrogen (secondary N) is 2.